The van der Waals surface area contributed by atoms with E-state index < -0.39 is 0 Å². The van der Waals surface area contributed by atoms with Crippen LogP contribution in [0.2, 0.25) is 0 Å². The van der Waals surface area contributed by atoms with Gasteiger partial charge in [0.15, 0.2) is 14.5 Å². The lowest BCUT2D eigenvalue weighted by Crippen LogP contribution is -2.05. The summed E-state index contributed by atoms with van der Waals surface area (Å²) in [7, 11) is 3.12. The van der Waals surface area contributed by atoms with Crippen molar-refractivity contribution in [2.75, 3.05) is 25.7 Å². The van der Waals surface area contributed by atoms with E-state index in [4.69, 9.17) is 9.47 Å². The molecule has 0 fully saturated rings. The van der Waals surface area contributed by atoms with Crippen LogP contribution >= 0.6 is 34.9 Å². The fourth-order valence-electron chi connectivity index (χ4n) is 1.67. The van der Waals surface area contributed by atoms with Gasteiger partial charge in [0.05, 0.1) is 25.5 Å². The van der Waals surface area contributed by atoms with Crippen LogP contribution in [-0.2, 0) is 0 Å². The van der Waals surface area contributed by atoms with Gasteiger partial charge in [0.2, 0.25) is 0 Å². The quantitative estimate of drug-likeness (QED) is 0.528. The van der Waals surface area contributed by atoms with Crippen LogP contribution < -0.4 is 9.47 Å². The Morgan fingerprint density at radius 1 is 1.18 bits per heavy atom. The Labute approximate surface area is 141 Å². The average Bonchev–Trinajstić information content (AvgIpc) is 3.00. The summed E-state index contributed by atoms with van der Waals surface area (Å²) >= 11 is 4.55. The van der Waals surface area contributed by atoms with Gasteiger partial charge >= 0.3 is 0 Å². The van der Waals surface area contributed by atoms with E-state index in [2.05, 4.69) is 17.1 Å². The second kappa shape index (κ2) is 8.40. The number of Topliss-reactive ketones (excluding diaryl/α,β-unsaturated/α-hetero) is 1. The van der Waals surface area contributed by atoms with Crippen molar-refractivity contribution in [3.63, 3.8) is 0 Å². The summed E-state index contributed by atoms with van der Waals surface area (Å²) in [6.45, 7) is 2.07. The number of nitrogens with zero attached hydrogens (tertiary/aromatic N) is 2. The first-order chi connectivity index (χ1) is 10.7. The van der Waals surface area contributed by atoms with Crippen LogP contribution in [0.5, 0.6) is 11.5 Å². The van der Waals surface area contributed by atoms with E-state index in [1.54, 1.807) is 37.1 Å². The zero-order chi connectivity index (χ0) is 15.9. The highest BCUT2D eigenvalue weighted by molar-refractivity contribution is 8.03. The Morgan fingerprint density at radius 3 is 2.55 bits per heavy atom. The van der Waals surface area contributed by atoms with Gasteiger partial charge in [-0.05, 0) is 17.9 Å². The lowest BCUT2D eigenvalue weighted by Gasteiger charge is -2.09. The molecule has 0 aliphatic rings. The van der Waals surface area contributed by atoms with Crippen molar-refractivity contribution >= 4 is 40.6 Å². The molecule has 5 nitrogen and oxygen atoms in total. The first-order valence-electron chi connectivity index (χ1n) is 6.52. The molecule has 0 bridgehead atoms. The molecule has 0 saturated carbocycles. The predicted octanol–water partition coefficient (Wildman–Crippen LogP) is 3.64. The van der Waals surface area contributed by atoms with Gasteiger partial charge in [0.1, 0.15) is 11.5 Å². The summed E-state index contributed by atoms with van der Waals surface area (Å²) in [6.07, 6.45) is 0. The molecule has 0 spiro atoms. The normalized spacial score (nSPS) is 10.5. The lowest BCUT2D eigenvalue weighted by atomic mass is 10.1. The third-order valence-corrected chi connectivity index (χ3v) is 5.76. The average molecular weight is 356 g/mol. The number of ether oxygens (including phenoxy) is 2. The highest BCUT2D eigenvalue weighted by Gasteiger charge is 2.15. The molecule has 1 heterocycles. The monoisotopic (exact) mass is 356 g/mol. The molecule has 2 aromatic rings. The number of rotatable bonds is 8. The van der Waals surface area contributed by atoms with Crippen LogP contribution in [0.15, 0.2) is 26.9 Å². The predicted molar refractivity (Wildman–Crippen MR) is 90.9 cm³/mol. The molecule has 0 saturated heterocycles. The third kappa shape index (κ3) is 4.37. The molecule has 0 radical (unpaired) electrons. The number of carbonyl (C=O) groups is 1. The van der Waals surface area contributed by atoms with Gasteiger partial charge in [-0.1, -0.05) is 41.8 Å². The fraction of sp³-hybridized carbons (Fsp3) is 0.357. The highest BCUT2D eigenvalue weighted by atomic mass is 32.2. The van der Waals surface area contributed by atoms with E-state index in [0.717, 1.165) is 14.4 Å². The van der Waals surface area contributed by atoms with Gasteiger partial charge in [-0.3, -0.25) is 4.79 Å². The summed E-state index contributed by atoms with van der Waals surface area (Å²) < 4.78 is 12.1. The van der Waals surface area contributed by atoms with Gasteiger partial charge in [0, 0.05) is 6.07 Å². The summed E-state index contributed by atoms with van der Waals surface area (Å²) in [5.41, 5.74) is 0.545. The first kappa shape index (κ1) is 17.1. The van der Waals surface area contributed by atoms with Crippen molar-refractivity contribution in [3.8, 4) is 11.5 Å². The molecular formula is C14H16N2O3S3. The number of carbonyl (C=O) groups excluding carboxylic acids is 1. The molecule has 8 heteroatoms. The number of hydrogen-bond acceptors (Lipinski definition) is 8. The van der Waals surface area contributed by atoms with Gasteiger partial charge in [0.25, 0.3) is 0 Å². The lowest BCUT2D eigenvalue weighted by molar-refractivity contribution is 0.101. The summed E-state index contributed by atoms with van der Waals surface area (Å²) in [5.74, 6) is 2.43. The number of ketones is 1. The maximum atomic E-state index is 12.3. The summed E-state index contributed by atoms with van der Waals surface area (Å²) in [6, 6.07) is 5.18. The molecule has 118 valence electrons. The van der Waals surface area contributed by atoms with Crippen molar-refractivity contribution < 1.29 is 14.3 Å². The maximum Gasteiger partial charge on any atom is 0.176 e. The van der Waals surface area contributed by atoms with Gasteiger partial charge in [-0.25, -0.2) is 0 Å². The molecule has 0 aliphatic carbocycles. The number of hydrogen-bond donors (Lipinski definition) is 0. The second-order valence-electron chi connectivity index (χ2n) is 4.04. The van der Waals surface area contributed by atoms with E-state index in [-0.39, 0.29) is 5.78 Å². The van der Waals surface area contributed by atoms with Crippen molar-refractivity contribution in [1.82, 2.24) is 10.2 Å². The topological polar surface area (TPSA) is 61.3 Å². The number of benzene rings is 1. The second-order valence-corrected chi connectivity index (χ2v) is 7.76. The number of thioether (sulfide) groups is 2. The smallest absolute Gasteiger partial charge is 0.176 e. The van der Waals surface area contributed by atoms with Crippen molar-refractivity contribution in [2.45, 2.75) is 15.6 Å². The summed E-state index contributed by atoms with van der Waals surface area (Å²) in [4.78, 5) is 12.3. The Bertz CT molecular complexity index is 646. The first-order valence-corrected chi connectivity index (χ1v) is 9.31. The SMILES string of the molecule is CCSc1nnc(SCC(=O)c2ccc(OC)cc2OC)s1. The van der Waals surface area contributed by atoms with E-state index in [1.165, 1.54) is 30.2 Å². The minimum absolute atomic E-state index is 0.00982. The molecule has 0 aliphatic heterocycles. The van der Waals surface area contributed by atoms with Crippen LogP contribution in [0.4, 0.5) is 0 Å². The van der Waals surface area contributed by atoms with E-state index in [9.17, 15) is 4.79 Å². The van der Waals surface area contributed by atoms with Crippen LogP contribution in [-0.4, -0.2) is 41.7 Å². The highest BCUT2D eigenvalue weighted by Crippen LogP contribution is 2.30. The van der Waals surface area contributed by atoms with E-state index in [1.807, 2.05) is 0 Å². The maximum absolute atomic E-state index is 12.3. The molecule has 2 rings (SSSR count). The minimum atomic E-state index is -0.00982. The standard InChI is InChI=1S/C14H16N2O3S3/c1-4-20-13-15-16-14(22-13)21-8-11(17)10-6-5-9(18-2)7-12(10)19-3/h5-7H,4,8H2,1-3H3. The fourth-order valence-corrected chi connectivity index (χ4v) is 4.47. The van der Waals surface area contributed by atoms with Crippen LogP contribution in [0.25, 0.3) is 0 Å². The zero-order valence-electron chi connectivity index (χ0n) is 12.5. The molecule has 1 aromatic carbocycles. The Hall–Kier alpha value is -1.25. The molecule has 0 unspecified atom stereocenters. The molecular weight excluding hydrogens is 340 g/mol. The van der Waals surface area contributed by atoms with Crippen molar-refractivity contribution in [1.29, 1.82) is 0 Å². The van der Waals surface area contributed by atoms with Crippen LogP contribution in [0, 0.1) is 0 Å². The van der Waals surface area contributed by atoms with Gasteiger partial charge in [-0.2, -0.15) is 0 Å². The molecule has 0 N–H and O–H groups in total. The Morgan fingerprint density at radius 2 is 1.91 bits per heavy atom. The summed E-state index contributed by atoms with van der Waals surface area (Å²) in [5, 5.41) is 8.15. The third-order valence-electron chi connectivity index (χ3n) is 2.69. The minimum Gasteiger partial charge on any atom is -0.497 e. The van der Waals surface area contributed by atoms with Crippen LogP contribution in [0.3, 0.4) is 0 Å². The molecule has 0 amide bonds. The Balaban J connectivity index is 2.02. The number of methoxy groups -OCH3 is 2. The van der Waals surface area contributed by atoms with Gasteiger partial charge < -0.3 is 9.47 Å². The zero-order valence-corrected chi connectivity index (χ0v) is 14.9. The largest absolute Gasteiger partial charge is 0.497 e. The van der Waals surface area contributed by atoms with E-state index >= 15 is 0 Å². The number of aromatic nitrogens is 2. The molecule has 0 atom stereocenters. The van der Waals surface area contributed by atoms with E-state index in [0.29, 0.717) is 22.8 Å². The Kier molecular flexibility index (Phi) is 6.53. The van der Waals surface area contributed by atoms with Crippen LogP contribution in [0.1, 0.15) is 17.3 Å². The molecule has 1 aromatic heterocycles. The molecule has 22 heavy (non-hydrogen) atoms. The van der Waals surface area contributed by atoms with Crippen molar-refractivity contribution in [2.24, 2.45) is 0 Å². The van der Waals surface area contributed by atoms with Crippen molar-refractivity contribution in [3.05, 3.63) is 23.8 Å². The van der Waals surface area contributed by atoms with Gasteiger partial charge in [-0.15, -0.1) is 10.2 Å².